The van der Waals surface area contributed by atoms with Gasteiger partial charge in [-0.05, 0) is 24.6 Å². The SMILES string of the molecule is O=C(c1cccc(Cl)c1)N1C[C@H]2C[C@H]3[C@@](CNS3(=O)=O)(C1)O2. The average Bonchev–Trinajstić information content (AvgIpc) is 2.88. The molecule has 3 saturated heterocycles. The van der Waals surface area contributed by atoms with Crippen LogP contribution in [0.2, 0.25) is 5.02 Å². The van der Waals surface area contributed by atoms with E-state index in [-0.39, 0.29) is 25.1 Å². The molecule has 22 heavy (non-hydrogen) atoms. The van der Waals surface area contributed by atoms with E-state index in [1.165, 1.54) is 0 Å². The summed E-state index contributed by atoms with van der Waals surface area (Å²) in [7, 11) is -3.34. The number of likely N-dealkylation sites (tertiary alicyclic amines) is 1. The van der Waals surface area contributed by atoms with E-state index in [0.29, 0.717) is 23.6 Å². The van der Waals surface area contributed by atoms with E-state index in [1.807, 2.05) is 0 Å². The van der Waals surface area contributed by atoms with Gasteiger partial charge in [0.1, 0.15) is 10.9 Å². The van der Waals surface area contributed by atoms with Crippen LogP contribution in [0.15, 0.2) is 24.3 Å². The van der Waals surface area contributed by atoms with Crippen molar-refractivity contribution in [3.63, 3.8) is 0 Å². The Hall–Kier alpha value is -1.15. The van der Waals surface area contributed by atoms with Crippen LogP contribution in [0.4, 0.5) is 0 Å². The van der Waals surface area contributed by atoms with Gasteiger partial charge in [0.15, 0.2) is 0 Å². The van der Waals surface area contributed by atoms with Crippen molar-refractivity contribution in [2.24, 2.45) is 0 Å². The zero-order valence-corrected chi connectivity index (χ0v) is 13.2. The number of ether oxygens (including phenoxy) is 1. The number of carbonyl (C=O) groups excluding carboxylic acids is 1. The van der Waals surface area contributed by atoms with Gasteiger partial charge in [-0.1, -0.05) is 17.7 Å². The molecule has 3 atom stereocenters. The standard InChI is InChI=1S/C14H15ClN2O4S/c15-10-3-1-2-9(4-10)13(18)17-6-11-5-12-14(8-17,21-11)7-16-22(12,19)20/h1-4,11-12,16H,5-8H2/t11-,12+,14-/m1/s1. The first-order valence-electron chi connectivity index (χ1n) is 7.11. The maximum atomic E-state index is 12.7. The van der Waals surface area contributed by atoms with Crippen LogP contribution in [0.3, 0.4) is 0 Å². The highest BCUT2D eigenvalue weighted by Crippen LogP contribution is 2.43. The summed E-state index contributed by atoms with van der Waals surface area (Å²) in [5, 5.41) is -0.0645. The molecule has 0 aliphatic carbocycles. The van der Waals surface area contributed by atoms with Crippen molar-refractivity contribution in [2.75, 3.05) is 19.6 Å². The first kappa shape index (κ1) is 14.4. The van der Waals surface area contributed by atoms with Gasteiger partial charge >= 0.3 is 0 Å². The van der Waals surface area contributed by atoms with Crippen LogP contribution in [0, 0.1) is 0 Å². The number of benzene rings is 1. The first-order valence-corrected chi connectivity index (χ1v) is 9.03. The van der Waals surface area contributed by atoms with Crippen molar-refractivity contribution in [3.8, 4) is 0 Å². The molecule has 6 nitrogen and oxygen atoms in total. The Bertz CT molecular complexity index is 753. The maximum absolute atomic E-state index is 12.7. The summed E-state index contributed by atoms with van der Waals surface area (Å²) in [4.78, 5) is 14.3. The van der Waals surface area contributed by atoms with E-state index in [1.54, 1.807) is 29.2 Å². The number of nitrogens with zero attached hydrogens (tertiary/aromatic N) is 1. The number of amides is 1. The van der Waals surface area contributed by atoms with Gasteiger partial charge < -0.3 is 9.64 Å². The number of carbonyl (C=O) groups is 1. The van der Waals surface area contributed by atoms with Crippen molar-refractivity contribution < 1.29 is 17.9 Å². The summed E-state index contributed by atoms with van der Waals surface area (Å²) in [5.41, 5.74) is -0.300. The number of fused-ring (bicyclic) bond motifs is 1. The molecule has 3 aliphatic rings. The average molecular weight is 343 g/mol. The Morgan fingerprint density at radius 3 is 3.05 bits per heavy atom. The molecule has 1 amide bonds. The number of halogens is 1. The second-order valence-electron chi connectivity index (χ2n) is 6.09. The van der Waals surface area contributed by atoms with E-state index in [0.717, 1.165) is 0 Å². The Labute approximate surface area is 133 Å². The van der Waals surface area contributed by atoms with Gasteiger partial charge in [-0.3, -0.25) is 4.79 Å². The minimum atomic E-state index is -3.34. The number of sulfonamides is 1. The van der Waals surface area contributed by atoms with Gasteiger partial charge in [-0.2, -0.15) is 0 Å². The molecule has 3 fully saturated rings. The number of nitrogens with one attached hydrogen (secondary N) is 1. The molecule has 1 aromatic rings. The van der Waals surface area contributed by atoms with Crippen LogP contribution < -0.4 is 4.72 Å². The molecule has 0 aromatic heterocycles. The molecule has 8 heteroatoms. The second-order valence-corrected chi connectivity index (χ2v) is 8.48. The molecule has 4 rings (SSSR count). The molecule has 2 bridgehead atoms. The molecule has 3 aliphatic heterocycles. The molecule has 1 N–H and O–H groups in total. The Morgan fingerprint density at radius 2 is 2.27 bits per heavy atom. The molecule has 1 spiro atoms. The topological polar surface area (TPSA) is 75.7 Å². The van der Waals surface area contributed by atoms with Crippen LogP contribution in [-0.4, -0.2) is 55.8 Å². The van der Waals surface area contributed by atoms with E-state index >= 15 is 0 Å². The van der Waals surface area contributed by atoms with Crippen molar-refractivity contribution in [2.45, 2.75) is 23.4 Å². The van der Waals surface area contributed by atoms with Gasteiger partial charge in [0.25, 0.3) is 5.91 Å². The van der Waals surface area contributed by atoms with Gasteiger partial charge in [-0.25, -0.2) is 13.1 Å². The summed E-state index contributed by atoms with van der Waals surface area (Å²) in [6.45, 7) is 0.931. The minimum Gasteiger partial charge on any atom is -0.365 e. The quantitative estimate of drug-likeness (QED) is 0.812. The van der Waals surface area contributed by atoms with Crippen molar-refractivity contribution in [3.05, 3.63) is 34.9 Å². The van der Waals surface area contributed by atoms with Gasteiger partial charge in [0, 0.05) is 23.7 Å². The number of morpholine rings is 1. The summed E-state index contributed by atoms with van der Waals surface area (Å²) in [5.74, 6) is -0.139. The lowest BCUT2D eigenvalue weighted by Gasteiger charge is -2.39. The molecular formula is C14H15ClN2O4S. The van der Waals surface area contributed by atoms with Crippen LogP contribution in [0.25, 0.3) is 0 Å². The fourth-order valence-electron chi connectivity index (χ4n) is 3.70. The molecular weight excluding hydrogens is 328 g/mol. The summed E-state index contributed by atoms with van der Waals surface area (Å²) in [6.07, 6.45) is 0.216. The Balaban J connectivity index is 1.63. The van der Waals surface area contributed by atoms with Crippen molar-refractivity contribution in [1.82, 2.24) is 9.62 Å². The smallest absolute Gasteiger partial charge is 0.254 e. The van der Waals surface area contributed by atoms with E-state index < -0.39 is 20.9 Å². The zero-order valence-electron chi connectivity index (χ0n) is 11.7. The highest BCUT2D eigenvalue weighted by atomic mass is 35.5. The fraction of sp³-hybridized carbons (Fsp3) is 0.500. The highest BCUT2D eigenvalue weighted by molar-refractivity contribution is 7.90. The van der Waals surface area contributed by atoms with Crippen LogP contribution >= 0.6 is 11.6 Å². The van der Waals surface area contributed by atoms with Crippen molar-refractivity contribution >= 4 is 27.5 Å². The minimum absolute atomic E-state index is 0.139. The monoisotopic (exact) mass is 342 g/mol. The molecule has 3 heterocycles. The van der Waals surface area contributed by atoms with Crippen molar-refractivity contribution in [1.29, 1.82) is 0 Å². The second kappa shape index (κ2) is 4.67. The van der Waals surface area contributed by atoms with E-state index in [4.69, 9.17) is 16.3 Å². The highest BCUT2D eigenvalue weighted by Gasteiger charge is 2.62. The third kappa shape index (κ3) is 2.07. The predicted octanol–water partition coefficient (Wildman–Crippen LogP) is 0.625. The lowest BCUT2D eigenvalue weighted by molar-refractivity contribution is -0.0906. The zero-order chi connectivity index (χ0) is 15.5. The number of hydrogen-bond donors (Lipinski definition) is 1. The van der Waals surface area contributed by atoms with Gasteiger partial charge in [0.2, 0.25) is 10.0 Å². The molecule has 118 valence electrons. The molecule has 0 radical (unpaired) electrons. The van der Waals surface area contributed by atoms with Gasteiger partial charge in [0.05, 0.1) is 12.6 Å². The third-order valence-corrected chi connectivity index (χ3v) is 6.81. The summed E-state index contributed by atoms with van der Waals surface area (Å²) in [6, 6.07) is 6.78. The largest absolute Gasteiger partial charge is 0.365 e. The first-order chi connectivity index (χ1) is 10.4. The van der Waals surface area contributed by atoms with Crippen LogP contribution in [-0.2, 0) is 14.8 Å². The lowest BCUT2D eigenvalue weighted by Crippen LogP contribution is -2.56. The molecule has 0 saturated carbocycles. The maximum Gasteiger partial charge on any atom is 0.254 e. The predicted molar refractivity (Wildman–Crippen MR) is 80.3 cm³/mol. The van der Waals surface area contributed by atoms with E-state index in [9.17, 15) is 13.2 Å². The Kier molecular flexibility index (Phi) is 3.07. The van der Waals surface area contributed by atoms with Crippen LogP contribution in [0.1, 0.15) is 16.8 Å². The Morgan fingerprint density at radius 1 is 1.45 bits per heavy atom. The summed E-state index contributed by atoms with van der Waals surface area (Å²) >= 11 is 5.94. The van der Waals surface area contributed by atoms with E-state index in [2.05, 4.69) is 4.72 Å². The van der Waals surface area contributed by atoms with Crippen LogP contribution in [0.5, 0.6) is 0 Å². The van der Waals surface area contributed by atoms with Gasteiger partial charge in [-0.15, -0.1) is 0 Å². The number of hydrogen-bond acceptors (Lipinski definition) is 4. The normalized spacial score (nSPS) is 35.4. The number of rotatable bonds is 1. The summed E-state index contributed by atoms with van der Waals surface area (Å²) < 4.78 is 32.6. The third-order valence-electron chi connectivity index (χ3n) is 4.65. The lowest BCUT2D eigenvalue weighted by atomic mass is 9.99. The fourth-order valence-corrected chi connectivity index (χ4v) is 5.78. The molecule has 1 aromatic carbocycles. The molecule has 0 unspecified atom stereocenters.